The number of nitrogens with zero attached hydrogens (tertiary/aromatic N) is 2. The molecule has 4 amide bonds. The molecule has 1 N–H and O–H groups in total. The maximum atomic E-state index is 12.8. The quantitative estimate of drug-likeness (QED) is 0.752. The molecule has 3 rings (SSSR count). The number of hydrogen-bond donors (Lipinski definition) is 1. The summed E-state index contributed by atoms with van der Waals surface area (Å²) in [6.45, 7) is 1.92. The van der Waals surface area contributed by atoms with Crippen LogP contribution >= 0.6 is 0 Å². The number of amides is 4. The van der Waals surface area contributed by atoms with Crippen LogP contribution in [0.15, 0.2) is 30.3 Å². The number of urea groups is 1. The molecule has 1 saturated carbocycles. The summed E-state index contributed by atoms with van der Waals surface area (Å²) in [6.07, 6.45) is 1.92. The molecule has 0 aromatic heterocycles. The zero-order valence-electron chi connectivity index (χ0n) is 14.5. The van der Waals surface area contributed by atoms with E-state index in [4.69, 9.17) is 4.74 Å². The van der Waals surface area contributed by atoms with E-state index in [2.05, 4.69) is 5.32 Å². The predicted octanol–water partition coefficient (Wildman–Crippen LogP) is 1.13. The van der Waals surface area contributed by atoms with Crippen molar-refractivity contribution in [3.05, 3.63) is 35.9 Å². The lowest BCUT2D eigenvalue weighted by atomic mass is 10.0. The van der Waals surface area contributed by atoms with Gasteiger partial charge in [0.2, 0.25) is 5.91 Å². The molecule has 2 aliphatic rings. The van der Waals surface area contributed by atoms with Crippen LogP contribution in [-0.4, -0.2) is 59.5 Å². The second-order valence-corrected chi connectivity index (χ2v) is 6.82. The molecule has 1 atom stereocenters. The number of carbonyl (C=O) groups is 3. The summed E-state index contributed by atoms with van der Waals surface area (Å²) < 4.78 is 5.02. The standard InChI is InChI=1S/C18H23N3O4/c1-18(12-25-2)16(23)21(17(24)19-18)11-15(22)20(14-8-9-14)10-13-6-4-3-5-7-13/h3-7,14H,8-12H2,1-2H3,(H,19,24)/t18-/m1/s1. The SMILES string of the molecule is COC[C@@]1(C)NC(=O)N(CC(=O)N(Cc2ccccc2)C2CC2)C1=O. The van der Waals surface area contributed by atoms with Gasteiger partial charge in [-0.3, -0.25) is 14.5 Å². The first-order chi connectivity index (χ1) is 11.9. The number of ether oxygens (including phenoxy) is 1. The third-order valence-corrected chi connectivity index (χ3v) is 4.58. The zero-order valence-corrected chi connectivity index (χ0v) is 14.5. The summed E-state index contributed by atoms with van der Waals surface area (Å²) in [4.78, 5) is 40.2. The molecule has 2 fully saturated rings. The third-order valence-electron chi connectivity index (χ3n) is 4.58. The van der Waals surface area contributed by atoms with Gasteiger partial charge in [-0.2, -0.15) is 0 Å². The van der Waals surface area contributed by atoms with Gasteiger partial charge in [-0.15, -0.1) is 0 Å². The molecule has 1 aliphatic heterocycles. The number of methoxy groups -OCH3 is 1. The highest BCUT2D eigenvalue weighted by atomic mass is 16.5. The fourth-order valence-corrected chi connectivity index (χ4v) is 3.09. The van der Waals surface area contributed by atoms with Crippen LogP contribution in [0, 0.1) is 0 Å². The van der Waals surface area contributed by atoms with Gasteiger partial charge in [-0.25, -0.2) is 4.79 Å². The molecule has 1 aromatic carbocycles. The molecular weight excluding hydrogens is 322 g/mol. The van der Waals surface area contributed by atoms with Crippen molar-refractivity contribution in [1.82, 2.24) is 15.1 Å². The van der Waals surface area contributed by atoms with Crippen molar-refractivity contribution in [2.45, 2.75) is 37.9 Å². The second kappa shape index (κ2) is 6.84. The molecule has 7 nitrogen and oxygen atoms in total. The number of nitrogens with one attached hydrogen (secondary N) is 1. The highest BCUT2D eigenvalue weighted by molar-refractivity contribution is 6.08. The average Bonchev–Trinajstić information content (AvgIpc) is 3.39. The van der Waals surface area contributed by atoms with Gasteiger partial charge < -0.3 is 15.0 Å². The smallest absolute Gasteiger partial charge is 0.325 e. The lowest BCUT2D eigenvalue weighted by Crippen LogP contribution is -2.48. The van der Waals surface area contributed by atoms with E-state index < -0.39 is 17.5 Å². The van der Waals surface area contributed by atoms with Crippen LogP contribution < -0.4 is 5.32 Å². The summed E-state index contributed by atoms with van der Waals surface area (Å²) in [7, 11) is 1.47. The van der Waals surface area contributed by atoms with Gasteiger partial charge in [0.05, 0.1) is 6.61 Å². The number of hydrogen-bond acceptors (Lipinski definition) is 4. The summed E-state index contributed by atoms with van der Waals surface area (Å²) in [5.41, 5.74) is -0.0835. The molecular formula is C18H23N3O4. The average molecular weight is 345 g/mol. The van der Waals surface area contributed by atoms with Gasteiger partial charge in [-0.05, 0) is 25.3 Å². The Hall–Kier alpha value is -2.41. The molecule has 1 saturated heterocycles. The van der Waals surface area contributed by atoms with Gasteiger partial charge in [0.15, 0.2) is 0 Å². The highest BCUT2D eigenvalue weighted by Crippen LogP contribution is 2.29. The zero-order chi connectivity index (χ0) is 18.0. The fraction of sp³-hybridized carbons (Fsp3) is 0.500. The van der Waals surface area contributed by atoms with Crippen molar-refractivity contribution < 1.29 is 19.1 Å². The first-order valence-corrected chi connectivity index (χ1v) is 8.41. The van der Waals surface area contributed by atoms with Crippen molar-refractivity contribution in [3.63, 3.8) is 0 Å². The Balaban J connectivity index is 1.69. The summed E-state index contributed by atoms with van der Waals surface area (Å²) in [5.74, 6) is -0.639. The minimum absolute atomic E-state index is 0.0681. The number of carbonyl (C=O) groups excluding carboxylic acids is 3. The molecule has 1 heterocycles. The van der Waals surface area contributed by atoms with Crippen LogP contribution in [-0.2, 0) is 20.9 Å². The van der Waals surface area contributed by atoms with E-state index in [0.29, 0.717) is 6.54 Å². The predicted molar refractivity (Wildman–Crippen MR) is 90.5 cm³/mol. The Kier molecular flexibility index (Phi) is 4.76. The van der Waals surface area contributed by atoms with E-state index in [0.717, 1.165) is 23.3 Å². The van der Waals surface area contributed by atoms with Crippen LogP contribution in [0.5, 0.6) is 0 Å². The Bertz CT molecular complexity index is 674. The molecule has 134 valence electrons. The van der Waals surface area contributed by atoms with Gasteiger partial charge in [-0.1, -0.05) is 30.3 Å². The Morgan fingerprint density at radius 1 is 1.32 bits per heavy atom. The second-order valence-electron chi connectivity index (χ2n) is 6.82. The minimum atomic E-state index is -1.12. The maximum Gasteiger partial charge on any atom is 0.325 e. The Morgan fingerprint density at radius 2 is 2.00 bits per heavy atom. The van der Waals surface area contributed by atoms with Crippen molar-refractivity contribution in [1.29, 1.82) is 0 Å². The summed E-state index contributed by atoms with van der Waals surface area (Å²) >= 11 is 0. The van der Waals surface area contributed by atoms with Crippen LogP contribution in [0.3, 0.4) is 0 Å². The Labute approximate surface area is 146 Å². The number of imide groups is 1. The van der Waals surface area contributed by atoms with Crippen LogP contribution in [0.1, 0.15) is 25.3 Å². The topological polar surface area (TPSA) is 79.0 Å². The van der Waals surface area contributed by atoms with E-state index >= 15 is 0 Å². The molecule has 25 heavy (non-hydrogen) atoms. The number of rotatable bonds is 7. The molecule has 1 aromatic rings. The van der Waals surface area contributed by atoms with E-state index in [9.17, 15) is 14.4 Å². The van der Waals surface area contributed by atoms with E-state index in [1.807, 2.05) is 30.3 Å². The molecule has 0 spiro atoms. The summed E-state index contributed by atoms with van der Waals surface area (Å²) in [6, 6.07) is 9.36. The van der Waals surface area contributed by atoms with E-state index in [1.54, 1.807) is 11.8 Å². The van der Waals surface area contributed by atoms with Crippen molar-refractivity contribution in [3.8, 4) is 0 Å². The van der Waals surface area contributed by atoms with Gasteiger partial charge in [0, 0.05) is 19.7 Å². The fourth-order valence-electron chi connectivity index (χ4n) is 3.09. The van der Waals surface area contributed by atoms with Crippen LogP contribution in [0.25, 0.3) is 0 Å². The van der Waals surface area contributed by atoms with E-state index in [-0.39, 0.29) is 25.1 Å². The van der Waals surface area contributed by atoms with Gasteiger partial charge in [0.25, 0.3) is 5.91 Å². The van der Waals surface area contributed by atoms with E-state index in [1.165, 1.54) is 7.11 Å². The largest absolute Gasteiger partial charge is 0.382 e. The monoisotopic (exact) mass is 345 g/mol. The molecule has 0 radical (unpaired) electrons. The normalized spacial score (nSPS) is 22.9. The van der Waals surface area contributed by atoms with Crippen molar-refractivity contribution in [2.75, 3.05) is 20.3 Å². The summed E-state index contributed by atoms with van der Waals surface area (Å²) in [5, 5.41) is 2.61. The minimum Gasteiger partial charge on any atom is -0.382 e. The molecule has 7 heteroatoms. The van der Waals surface area contributed by atoms with Crippen LogP contribution in [0.2, 0.25) is 0 Å². The molecule has 1 aliphatic carbocycles. The van der Waals surface area contributed by atoms with Gasteiger partial charge in [0.1, 0.15) is 12.1 Å². The van der Waals surface area contributed by atoms with Crippen LogP contribution in [0.4, 0.5) is 4.79 Å². The van der Waals surface area contributed by atoms with Gasteiger partial charge >= 0.3 is 6.03 Å². The molecule has 0 bridgehead atoms. The first kappa shape index (κ1) is 17.4. The number of benzene rings is 1. The third kappa shape index (κ3) is 3.66. The lowest BCUT2D eigenvalue weighted by Gasteiger charge is -2.25. The van der Waals surface area contributed by atoms with Crippen molar-refractivity contribution >= 4 is 17.8 Å². The highest BCUT2D eigenvalue weighted by Gasteiger charge is 2.49. The first-order valence-electron chi connectivity index (χ1n) is 8.41. The molecule has 0 unspecified atom stereocenters. The maximum absolute atomic E-state index is 12.8. The van der Waals surface area contributed by atoms with Crippen molar-refractivity contribution in [2.24, 2.45) is 0 Å². The Morgan fingerprint density at radius 3 is 2.60 bits per heavy atom. The lowest BCUT2D eigenvalue weighted by molar-refractivity contribution is -0.140.